The van der Waals surface area contributed by atoms with Crippen LogP contribution >= 0.6 is 0 Å². The molecule has 22 heavy (non-hydrogen) atoms. The topological polar surface area (TPSA) is 26.3 Å². The van der Waals surface area contributed by atoms with Crippen LogP contribution in [0.1, 0.15) is 36.8 Å². The third-order valence-corrected chi connectivity index (χ3v) is 4.10. The van der Waals surface area contributed by atoms with Crippen LogP contribution in [-0.2, 0) is 4.79 Å². The predicted molar refractivity (Wildman–Crippen MR) is 89.0 cm³/mol. The molecule has 0 spiro atoms. The Morgan fingerprint density at radius 2 is 1.77 bits per heavy atom. The van der Waals surface area contributed by atoms with E-state index in [2.05, 4.69) is 0 Å². The van der Waals surface area contributed by atoms with E-state index in [1.165, 1.54) is 0 Å². The highest BCUT2D eigenvalue weighted by molar-refractivity contribution is 6.02. The summed E-state index contributed by atoms with van der Waals surface area (Å²) >= 11 is 0. The minimum Gasteiger partial charge on any atom is -0.494 e. The molecule has 0 fully saturated rings. The van der Waals surface area contributed by atoms with Crippen molar-refractivity contribution < 1.29 is 9.53 Å². The molecule has 1 aliphatic rings. The van der Waals surface area contributed by atoms with E-state index >= 15 is 0 Å². The number of ketones is 1. The fraction of sp³-hybridized carbons (Fsp3) is 0.250. The molecule has 0 bridgehead atoms. The van der Waals surface area contributed by atoms with Crippen molar-refractivity contribution >= 4 is 11.4 Å². The molecule has 0 saturated carbocycles. The highest BCUT2D eigenvalue weighted by Crippen LogP contribution is 2.34. The van der Waals surface area contributed by atoms with E-state index < -0.39 is 0 Å². The molecule has 2 nitrogen and oxygen atoms in total. The maximum atomic E-state index is 12.4. The van der Waals surface area contributed by atoms with Gasteiger partial charge >= 0.3 is 0 Å². The van der Waals surface area contributed by atoms with Crippen LogP contribution in [0.15, 0.2) is 60.7 Å². The summed E-state index contributed by atoms with van der Waals surface area (Å²) in [6, 6.07) is 18.1. The minimum absolute atomic E-state index is 0.00708. The first kappa shape index (κ1) is 14.6. The zero-order valence-electron chi connectivity index (χ0n) is 12.8. The SMILES string of the molecule is CCOc1ccc(C2=CC(=O)[C@@H](c3ccccc3)CC2)cc1. The molecule has 0 N–H and O–H groups in total. The second-order valence-corrected chi connectivity index (χ2v) is 5.53. The summed E-state index contributed by atoms with van der Waals surface area (Å²) in [5.41, 5.74) is 3.36. The maximum absolute atomic E-state index is 12.4. The molecule has 0 saturated heterocycles. The normalized spacial score (nSPS) is 18.0. The Balaban J connectivity index is 1.78. The van der Waals surface area contributed by atoms with Gasteiger partial charge in [0, 0.05) is 5.92 Å². The lowest BCUT2D eigenvalue weighted by Crippen LogP contribution is -2.15. The van der Waals surface area contributed by atoms with Gasteiger partial charge in [-0.2, -0.15) is 0 Å². The largest absolute Gasteiger partial charge is 0.494 e. The smallest absolute Gasteiger partial charge is 0.163 e. The average Bonchev–Trinajstić information content (AvgIpc) is 2.56. The average molecular weight is 292 g/mol. The van der Waals surface area contributed by atoms with Gasteiger partial charge in [-0.25, -0.2) is 0 Å². The van der Waals surface area contributed by atoms with Crippen molar-refractivity contribution in [1.29, 1.82) is 0 Å². The molecule has 1 atom stereocenters. The first-order chi connectivity index (χ1) is 10.8. The Morgan fingerprint density at radius 3 is 2.41 bits per heavy atom. The lowest BCUT2D eigenvalue weighted by Gasteiger charge is -2.21. The fourth-order valence-corrected chi connectivity index (χ4v) is 2.96. The van der Waals surface area contributed by atoms with Crippen molar-refractivity contribution in [3.8, 4) is 5.75 Å². The number of carbonyl (C=O) groups excluding carboxylic acids is 1. The van der Waals surface area contributed by atoms with Crippen LogP contribution in [0.25, 0.3) is 5.57 Å². The Hall–Kier alpha value is -2.35. The zero-order chi connectivity index (χ0) is 15.4. The second kappa shape index (κ2) is 6.61. The van der Waals surface area contributed by atoms with Gasteiger partial charge in [0.25, 0.3) is 0 Å². The van der Waals surface area contributed by atoms with E-state index in [1.807, 2.05) is 67.6 Å². The fourth-order valence-electron chi connectivity index (χ4n) is 2.96. The number of carbonyl (C=O) groups is 1. The highest BCUT2D eigenvalue weighted by Gasteiger charge is 2.24. The maximum Gasteiger partial charge on any atom is 0.163 e. The first-order valence-corrected chi connectivity index (χ1v) is 7.80. The number of ether oxygens (including phenoxy) is 1. The third-order valence-electron chi connectivity index (χ3n) is 4.10. The first-order valence-electron chi connectivity index (χ1n) is 7.80. The summed E-state index contributed by atoms with van der Waals surface area (Å²) in [6.45, 7) is 2.64. The number of benzene rings is 2. The van der Waals surface area contributed by atoms with Crippen molar-refractivity contribution in [2.24, 2.45) is 0 Å². The van der Waals surface area contributed by atoms with E-state index in [9.17, 15) is 4.79 Å². The van der Waals surface area contributed by atoms with E-state index in [-0.39, 0.29) is 11.7 Å². The van der Waals surface area contributed by atoms with Crippen LogP contribution in [0.4, 0.5) is 0 Å². The van der Waals surface area contributed by atoms with E-state index in [4.69, 9.17) is 4.74 Å². The van der Waals surface area contributed by atoms with Crippen LogP contribution in [0.5, 0.6) is 5.75 Å². The number of hydrogen-bond acceptors (Lipinski definition) is 2. The summed E-state index contributed by atoms with van der Waals surface area (Å²) in [7, 11) is 0. The van der Waals surface area contributed by atoms with Gasteiger partial charge in [-0.15, -0.1) is 0 Å². The Morgan fingerprint density at radius 1 is 1.05 bits per heavy atom. The van der Waals surface area contributed by atoms with Crippen molar-refractivity contribution in [3.63, 3.8) is 0 Å². The van der Waals surface area contributed by atoms with Crippen LogP contribution in [0.3, 0.4) is 0 Å². The molecule has 0 aromatic heterocycles. The van der Waals surface area contributed by atoms with E-state index in [1.54, 1.807) is 0 Å². The molecular formula is C20H20O2. The van der Waals surface area contributed by atoms with Gasteiger partial charge in [0.1, 0.15) is 5.75 Å². The molecule has 2 aromatic rings. The van der Waals surface area contributed by atoms with Crippen LogP contribution in [0, 0.1) is 0 Å². The van der Waals surface area contributed by atoms with Crippen molar-refractivity contribution in [2.75, 3.05) is 6.61 Å². The van der Waals surface area contributed by atoms with Crippen molar-refractivity contribution in [2.45, 2.75) is 25.7 Å². The summed E-state index contributed by atoms with van der Waals surface area (Å²) in [6.07, 6.45) is 3.62. The second-order valence-electron chi connectivity index (χ2n) is 5.53. The third kappa shape index (κ3) is 3.11. The molecular weight excluding hydrogens is 272 g/mol. The molecule has 0 aliphatic heterocycles. The van der Waals surface area contributed by atoms with Crippen LogP contribution in [0.2, 0.25) is 0 Å². The highest BCUT2D eigenvalue weighted by atomic mass is 16.5. The zero-order valence-corrected chi connectivity index (χ0v) is 12.8. The predicted octanol–water partition coefficient (Wildman–Crippen LogP) is 4.62. The minimum atomic E-state index is 0.00708. The summed E-state index contributed by atoms with van der Waals surface area (Å²) < 4.78 is 5.46. The molecule has 0 heterocycles. The Bertz CT molecular complexity index is 669. The summed E-state index contributed by atoms with van der Waals surface area (Å²) in [5, 5.41) is 0. The molecule has 3 rings (SSSR count). The van der Waals surface area contributed by atoms with Gasteiger partial charge in [-0.05, 0) is 54.7 Å². The quantitative estimate of drug-likeness (QED) is 0.822. The molecule has 2 aromatic carbocycles. The summed E-state index contributed by atoms with van der Waals surface area (Å²) in [5.74, 6) is 1.09. The standard InChI is InChI=1S/C20H20O2/c1-2-22-18-11-8-15(9-12-18)17-10-13-19(20(21)14-17)16-6-4-3-5-7-16/h3-9,11-12,14,19H,2,10,13H2,1H3/t19-/m1/s1. The summed E-state index contributed by atoms with van der Waals surface area (Å²) in [4.78, 5) is 12.4. The van der Waals surface area contributed by atoms with Crippen molar-refractivity contribution in [1.82, 2.24) is 0 Å². The molecule has 2 heteroatoms. The van der Waals surface area contributed by atoms with E-state index in [0.29, 0.717) is 6.61 Å². The monoisotopic (exact) mass is 292 g/mol. The van der Waals surface area contributed by atoms with Gasteiger partial charge in [0.15, 0.2) is 5.78 Å². The lowest BCUT2D eigenvalue weighted by atomic mass is 9.82. The molecule has 0 amide bonds. The molecule has 112 valence electrons. The van der Waals surface area contributed by atoms with Crippen LogP contribution in [-0.4, -0.2) is 12.4 Å². The molecule has 0 unspecified atom stereocenters. The van der Waals surface area contributed by atoms with Gasteiger partial charge in [0.05, 0.1) is 6.61 Å². The van der Waals surface area contributed by atoms with Gasteiger partial charge < -0.3 is 4.74 Å². The van der Waals surface area contributed by atoms with Crippen molar-refractivity contribution in [3.05, 3.63) is 71.8 Å². The Labute approximate surface area is 131 Å². The lowest BCUT2D eigenvalue weighted by molar-refractivity contribution is -0.116. The number of hydrogen-bond donors (Lipinski definition) is 0. The number of rotatable bonds is 4. The Kier molecular flexibility index (Phi) is 4.38. The molecule has 1 aliphatic carbocycles. The van der Waals surface area contributed by atoms with Gasteiger partial charge in [-0.3, -0.25) is 4.79 Å². The van der Waals surface area contributed by atoms with Gasteiger partial charge in [0.2, 0.25) is 0 Å². The molecule has 0 radical (unpaired) electrons. The van der Waals surface area contributed by atoms with Gasteiger partial charge in [-0.1, -0.05) is 42.5 Å². The van der Waals surface area contributed by atoms with E-state index in [0.717, 1.165) is 35.3 Å². The number of allylic oxidation sites excluding steroid dienone is 2. The van der Waals surface area contributed by atoms with Crippen LogP contribution < -0.4 is 4.74 Å².